The summed E-state index contributed by atoms with van der Waals surface area (Å²) in [5, 5.41) is 10.8. The Morgan fingerprint density at radius 3 is 2.83 bits per heavy atom. The number of alkyl halides is 1. The van der Waals surface area contributed by atoms with Gasteiger partial charge in [0, 0.05) is 26.3 Å². The van der Waals surface area contributed by atoms with Crippen LogP contribution in [-0.2, 0) is 9.49 Å². The van der Waals surface area contributed by atoms with Crippen molar-refractivity contribution in [1.82, 2.24) is 20.2 Å². The SMILES string of the molecule is C[B]ON1C2CCC1[C@@H](F)[C@@H](N(C)c1cnc(-c3cc4oc(C)cc(=O)c4cc3OCOC)nn1)C2. The van der Waals surface area contributed by atoms with E-state index in [1.807, 2.05) is 7.05 Å². The molecule has 5 rings (SSSR count). The quantitative estimate of drug-likeness (QED) is 0.342. The molecule has 2 bridgehead atoms. The lowest BCUT2D eigenvalue weighted by molar-refractivity contribution is -0.144. The summed E-state index contributed by atoms with van der Waals surface area (Å²) in [7, 11) is 4.91. The van der Waals surface area contributed by atoms with Crippen molar-refractivity contribution in [2.45, 2.75) is 57.3 Å². The lowest BCUT2D eigenvalue weighted by Gasteiger charge is -2.43. The third-order valence-electron chi connectivity index (χ3n) is 6.89. The highest BCUT2D eigenvalue weighted by molar-refractivity contribution is 6.24. The van der Waals surface area contributed by atoms with Crippen LogP contribution in [0.3, 0.4) is 0 Å². The first kappa shape index (κ1) is 24.6. The van der Waals surface area contributed by atoms with Crippen molar-refractivity contribution in [3.8, 4) is 17.1 Å². The molecule has 0 amide bonds. The van der Waals surface area contributed by atoms with Crippen LogP contribution in [0.25, 0.3) is 22.4 Å². The lowest BCUT2D eigenvalue weighted by atomic mass is 9.95. The Bertz CT molecular complexity index is 1290. The minimum absolute atomic E-state index is 0.0254. The molecular weight excluding hydrogens is 468 g/mol. The van der Waals surface area contributed by atoms with Crippen LogP contribution < -0.4 is 15.1 Å². The zero-order valence-corrected chi connectivity index (χ0v) is 20.7. The van der Waals surface area contributed by atoms with Gasteiger partial charge in [-0.05, 0) is 38.3 Å². The number of anilines is 1. The van der Waals surface area contributed by atoms with E-state index in [1.54, 1.807) is 49.5 Å². The Morgan fingerprint density at radius 2 is 2.11 bits per heavy atom. The fourth-order valence-corrected chi connectivity index (χ4v) is 5.18. The van der Waals surface area contributed by atoms with E-state index in [9.17, 15) is 4.79 Å². The summed E-state index contributed by atoms with van der Waals surface area (Å²) in [4.78, 5) is 18.7. The average Bonchev–Trinajstić information content (AvgIpc) is 3.18. The van der Waals surface area contributed by atoms with E-state index < -0.39 is 6.17 Å². The molecule has 2 aliphatic heterocycles. The number of aromatic nitrogens is 3. The summed E-state index contributed by atoms with van der Waals surface area (Å²) in [6, 6.07) is 4.17. The fraction of sp³-hybridized carbons (Fsp3) is 0.500. The molecule has 2 unspecified atom stereocenters. The Hall–Kier alpha value is -3.09. The van der Waals surface area contributed by atoms with Gasteiger partial charge in [0.25, 0.3) is 0 Å². The van der Waals surface area contributed by atoms with Gasteiger partial charge in [0.15, 0.2) is 23.9 Å². The van der Waals surface area contributed by atoms with Gasteiger partial charge in [-0.15, -0.1) is 10.2 Å². The standard InChI is InChI=1S/C24H28BFN5O5/c1-13-7-19(32)15-9-20(34-12-33-4)16(10-21(15)35-13)24-27-11-22(28-29-24)30(3)18-8-14-5-6-17(23(18)26)31(14)36-25-2/h7,9-11,14,17-18,23H,5-6,8,12H2,1-4H3/t14?,17?,18-,23+/m0/s1. The molecule has 2 aliphatic rings. The van der Waals surface area contributed by atoms with Crippen LogP contribution in [-0.4, -0.2) is 73.0 Å². The van der Waals surface area contributed by atoms with E-state index in [0.29, 0.717) is 40.3 Å². The monoisotopic (exact) mass is 496 g/mol. The van der Waals surface area contributed by atoms with E-state index in [2.05, 4.69) is 15.2 Å². The molecule has 0 saturated carbocycles. The third-order valence-corrected chi connectivity index (χ3v) is 6.89. The second-order valence-electron chi connectivity index (χ2n) is 9.11. The topological polar surface area (TPSA) is 103 Å². The van der Waals surface area contributed by atoms with Gasteiger partial charge in [-0.25, -0.2) is 9.37 Å². The van der Waals surface area contributed by atoms with Gasteiger partial charge in [-0.2, -0.15) is 5.06 Å². The molecule has 1 aromatic carbocycles. The second-order valence-corrected chi connectivity index (χ2v) is 9.11. The van der Waals surface area contributed by atoms with Crippen LogP contribution in [0.15, 0.2) is 33.6 Å². The Labute approximate surface area is 208 Å². The molecule has 2 saturated heterocycles. The molecule has 1 radical (unpaired) electrons. The average molecular weight is 496 g/mol. The van der Waals surface area contributed by atoms with Gasteiger partial charge in [-0.3, -0.25) is 4.79 Å². The van der Waals surface area contributed by atoms with Crippen molar-refractivity contribution in [3.63, 3.8) is 0 Å². The molecule has 0 aliphatic carbocycles. The minimum Gasteiger partial charge on any atom is -0.467 e. The minimum atomic E-state index is -1.10. The smallest absolute Gasteiger partial charge is 0.321 e. The van der Waals surface area contributed by atoms with Crippen molar-refractivity contribution < 1.29 is 23.0 Å². The van der Waals surface area contributed by atoms with Crippen LogP contribution in [0.2, 0.25) is 6.82 Å². The number of ether oxygens (including phenoxy) is 2. The molecule has 4 heterocycles. The predicted molar refractivity (Wildman–Crippen MR) is 132 cm³/mol. The summed E-state index contributed by atoms with van der Waals surface area (Å²) in [6.07, 6.45) is 2.73. The fourth-order valence-electron chi connectivity index (χ4n) is 5.18. The van der Waals surface area contributed by atoms with Crippen molar-refractivity contribution in [2.75, 3.05) is 25.9 Å². The summed E-state index contributed by atoms with van der Waals surface area (Å²) in [6.45, 7) is 3.48. The lowest BCUT2D eigenvalue weighted by Crippen LogP contribution is -2.57. The number of aryl methyl sites for hydroxylation is 1. The van der Waals surface area contributed by atoms with Crippen LogP contribution >= 0.6 is 0 Å². The Morgan fingerprint density at radius 1 is 1.28 bits per heavy atom. The number of hydrogen-bond donors (Lipinski definition) is 0. The largest absolute Gasteiger partial charge is 0.467 e. The number of methoxy groups -OCH3 is 1. The highest BCUT2D eigenvalue weighted by Crippen LogP contribution is 2.40. The van der Waals surface area contributed by atoms with E-state index >= 15 is 4.39 Å². The van der Waals surface area contributed by atoms with E-state index in [0.717, 1.165) is 12.8 Å². The normalized spacial score (nSPS) is 23.7. The zero-order valence-electron chi connectivity index (χ0n) is 20.7. The zero-order chi connectivity index (χ0) is 25.4. The van der Waals surface area contributed by atoms with Crippen molar-refractivity contribution in [2.24, 2.45) is 0 Å². The molecule has 2 aromatic heterocycles. The Balaban J connectivity index is 1.43. The van der Waals surface area contributed by atoms with Crippen LogP contribution in [0.5, 0.6) is 5.75 Å². The molecule has 12 heteroatoms. The molecular formula is C24H28BFN5O5. The summed E-state index contributed by atoms with van der Waals surface area (Å²) >= 11 is 0. The molecule has 189 valence electrons. The Kier molecular flexibility index (Phi) is 6.91. The van der Waals surface area contributed by atoms with E-state index in [4.69, 9.17) is 18.6 Å². The molecule has 4 atom stereocenters. The third kappa shape index (κ3) is 4.44. The molecule has 36 heavy (non-hydrogen) atoms. The van der Waals surface area contributed by atoms with E-state index in [-0.39, 0.29) is 36.2 Å². The number of nitrogens with zero attached hydrogens (tertiary/aromatic N) is 5. The molecule has 3 aromatic rings. The number of piperidine rings is 1. The van der Waals surface area contributed by atoms with E-state index in [1.165, 1.54) is 13.2 Å². The van der Waals surface area contributed by atoms with Gasteiger partial charge in [0.1, 0.15) is 23.3 Å². The van der Waals surface area contributed by atoms with Gasteiger partial charge in [0.2, 0.25) is 0 Å². The maximum atomic E-state index is 15.5. The first-order valence-corrected chi connectivity index (χ1v) is 11.9. The van der Waals surface area contributed by atoms with Gasteiger partial charge >= 0.3 is 7.48 Å². The van der Waals surface area contributed by atoms with Crippen LogP contribution in [0.1, 0.15) is 25.0 Å². The number of rotatable bonds is 8. The summed E-state index contributed by atoms with van der Waals surface area (Å²) < 4.78 is 37.5. The first-order chi connectivity index (χ1) is 17.4. The molecule has 2 fully saturated rings. The summed E-state index contributed by atoms with van der Waals surface area (Å²) in [5.74, 6) is 1.60. The number of fused-ring (bicyclic) bond motifs is 3. The van der Waals surface area contributed by atoms with Gasteiger partial charge in [0.05, 0.1) is 29.2 Å². The number of halogens is 1. The van der Waals surface area contributed by atoms with Gasteiger partial charge < -0.3 is 23.5 Å². The summed E-state index contributed by atoms with van der Waals surface area (Å²) in [5.41, 5.74) is 0.706. The van der Waals surface area contributed by atoms with Gasteiger partial charge in [-0.1, -0.05) is 6.82 Å². The van der Waals surface area contributed by atoms with Crippen LogP contribution in [0.4, 0.5) is 10.2 Å². The maximum absolute atomic E-state index is 15.5. The highest BCUT2D eigenvalue weighted by atomic mass is 19.1. The number of hydrogen-bond acceptors (Lipinski definition) is 10. The number of benzene rings is 1. The first-order valence-electron chi connectivity index (χ1n) is 11.9. The van der Waals surface area contributed by atoms with Crippen molar-refractivity contribution in [1.29, 1.82) is 0 Å². The number of hydroxylamine groups is 2. The second kappa shape index (κ2) is 10.1. The van der Waals surface area contributed by atoms with Crippen LogP contribution in [0, 0.1) is 6.92 Å². The molecule has 0 N–H and O–H groups in total. The highest BCUT2D eigenvalue weighted by Gasteiger charge is 2.49. The van der Waals surface area contributed by atoms with Crippen molar-refractivity contribution >= 4 is 24.3 Å². The maximum Gasteiger partial charge on any atom is 0.321 e. The predicted octanol–water partition coefficient (Wildman–Crippen LogP) is 2.91. The molecule has 10 nitrogen and oxygen atoms in total. The molecule has 0 spiro atoms. The van der Waals surface area contributed by atoms with Crippen molar-refractivity contribution in [3.05, 3.63) is 40.4 Å².